The molecular formula is C16H24N2O2S. The van der Waals surface area contributed by atoms with Crippen molar-refractivity contribution >= 4 is 10.0 Å². The molecule has 1 aliphatic carbocycles. The van der Waals surface area contributed by atoms with Crippen LogP contribution < -0.4 is 5.73 Å². The van der Waals surface area contributed by atoms with Gasteiger partial charge in [-0.25, -0.2) is 8.42 Å². The normalized spacial score (nSPS) is 26.7. The van der Waals surface area contributed by atoms with Crippen LogP contribution in [0.15, 0.2) is 24.3 Å². The topological polar surface area (TPSA) is 63.4 Å². The van der Waals surface area contributed by atoms with Crippen LogP contribution in [0.25, 0.3) is 0 Å². The summed E-state index contributed by atoms with van der Waals surface area (Å²) in [4.78, 5) is 0. The predicted octanol–water partition coefficient (Wildman–Crippen LogP) is 2.24. The summed E-state index contributed by atoms with van der Waals surface area (Å²) in [6.45, 7) is 1.19. The average Bonchev–Trinajstić information content (AvgIpc) is 2.95. The van der Waals surface area contributed by atoms with Gasteiger partial charge in [-0.15, -0.1) is 0 Å². The van der Waals surface area contributed by atoms with Crippen molar-refractivity contribution in [3.63, 3.8) is 0 Å². The molecule has 0 spiro atoms. The van der Waals surface area contributed by atoms with Crippen LogP contribution in [0.2, 0.25) is 0 Å². The lowest BCUT2D eigenvalue weighted by Crippen LogP contribution is -2.46. The Labute approximate surface area is 127 Å². The molecular weight excluding hydrogens is 284 g/mol. The number of hydrogen-bond donors (Lipinski definition) is 1. The number of nitrogens with zero attached hydrogens (tertiary/aromatic N) is 1. The van der Waals surface area contributed by atoms with Gasteiger partial charge in [0.25, 0.3) is 0 Å². The summed E-state index contributed by atoms with van der Waals surface area (Å²) in [5.41, 5.74) is 7.46. The molecule has 0 aromatic heterocycles. The molecule has 4 nitrogen and oxygen atoms in total. The highest BCUT2D eigenvalue weighted by Crippen LogP contribution is 2.38. The van der Waals surface area contributed by atoms with Gasteiger partial charge in [0.1, 0.15) is 0 Å². The van der Waals surface area contributed by atoms with Crippen molar-refractivity contribution in [2.24, 2.45) is 11.7 Å². The third-order valence-electron chi connectivity index (χ3n) is 4.91. The molecule has 2 atom stereocenters. The molecule has 2 N–H and O–H groups in total. The average molecular weight is 308 g/mol. The SMILES string of the molecule is NCc1ccc(CS(=O)(=O)N2CCCC3CCCC32)cc1. The Morgan fingerprint density at radius 3 is 2.43 bits per heavy atom. The van der Waals surface area contributed by atoms with Crippen LogP contribution in [0, 0.1) is 5.92 Å². The molecule has 1 saturated carbocycles. The monoisotopic (exact) mass is 308 g/mol. The van der Waals surface area contributed by atoms with Crippen molar-refractivity contribution < 1.29 is 8.42 Å². The van der Waals surface area contributed by atoms with Crippen molar-refractivity contribution in [3.8, 4) is 0 Å². The quantitative estimate of drug-likeness (QED) is 0.928. The van der Waals surface area contributed by atoms with E-state index in [1.54, 1.807) is 4.31 Å². The molecule has 0 bridgehead atoms. The number of benzene rings is 1. The van der Waals surface area contributed by atoms with Gasteiger partial charge in [0, 0.05) is 19.1 Å². The second-order valence-electron chi connectivity index (χ2n) is 6.29. The zero-order valence-corrected chi connectivity index (χ0v) is 13.2. The summed E-state index contributed by atoms with van der Waals surface area (Å²) < 4.78 is 27.3. The molecule has 0 amide bonds. The molecule has 2 fully saturated rings. The standard InChI is InChI=1S/C16H24N2O2S/c17-11-13-6-8-14(9-7-13)12-21(19,20)18-10-2-4-15-3-1-5-16(15)18/h6-9,15-16H,1-5,10-12,17H2. The zero-order valence-electron chi connectivity index (χ0n) is 12.4. The molecule has 1 saturated heterocycles. The molecule has 116 valence electrons. The van der Waals surface area contributed by atoms with Crippen molar-refractivity contribution in [2.45, 2.75) is 50.4 Å². The van der Waals surface area contributed by atoms with Crippen LogP contribution >= 0.6 is 0 Å². The summed E-state index contributed by atoms with van der Waals surface area (Å²) in [7, 11) is -3.21. The fourth-order valence-corrected chi connectivity index (χ4v) is 5.70. The van der Waals surface area contributed by atoms with Crippen LogP contribution in [0.4, 0.5) is 0 Å². The molecule has 1 heterocycles. The molecule has 3 rings (SSSR count). The fraction of sp³-hybridized carbons (Fsp3) is 0.625. The van der Waals surface area contributed by atoms with E-state index < -0.39 is 10.0 Å². The summed E-state index contributed by atoms with van der Waals surface area (Å²) in [5, 5.41) is 0. The largest absolute Gasteiger partial charge is 0.326 e. The van der Waals surface area contributed by atoms with E-state index in [1.807, 2.05) is 24.3 Å². The highest BCUT2D eigenvalue weighted by atomic mass is 32.2. The number of piperidine rings is 1. The van der Waals surface area contributed by atoms with Crippen LogP contribution in [0.5, 0.6) is 0 Å². The Morgan fingerprint density at radius 2 is 1.71 bits per heavy atom. The Morgan fingerprint density at radius 1 is 1.05 bits per heavy atom. The lowest BCUT2D eigenvalue weighted by molar-refractivity contribution is 0.202. The van der Waals surface area contributed by atoms with Crippen molar-refractivity contribution in [1.82, 2.24) is 4.31 Å². The summed E-state index contributed by atoms with van der Waals surface area (Å²) in [6.07, 6.45) is 5.61. The van der Waals surface area contributed by atoms with Crippen LogP contribution in [-0.4, -0.2) is 25.3 Å². The molecule has 1 aromatic rings. The first-order valence-corrected chi connectivity index (χ1v) is 9.48. The minimum Gasteiger partial charge on any atom is -0.326 e. The summed E-state index contributed by atoms with van der Waals surface area (Å²) in [6, 6.07) is 7.86. The minimum atomic E-state index is -3.21. The smallest absolute Gasteiger partial charge is 0.218 e. The third kappa shape index (κ3) is 3.15. The number of sulfonamides is 1. The zero-order chi connectivity index (χ0) is 14.9. The van der Waals surface area contributed by atoms with E-state index in [2.05, 4.69) is 0 Å². The Balaban J connectivity index is 1.76. The number of fused-ring (bicyclic) bond motifs is 1. The molecule has 2 unspecified atom stereocenters. The van der Waals surface area contributed by atoms with Gasteiger partial charge in [0.05, 0.1) is 5.75 Å². The lowest BCUT2D eigenvalue weighted by Gasteiger charge is -2.36. The van der Waals surface area contributed by atoms with Gasteiger partial charge < -0.3 is 5.73 Å². The lowest BCUT2D eigenvalue weighted by atomic mass is 9.94. The Bertz CT molecular complexity index is 583. The van der Waals surface area contributed by atoms with Gasteiger partial charge in [0.2, 0.25) is 10.0 Å². The van der Waals surface area contributed by atoms with Crippen LogP contribution in [0.3, 0.4) is 0 Å². The van der Waals surface area contributed by atoms with E-state index in [0.29, 0.717) is 19.0 Å². The first kappa shape index (κ1) is 15.0. The van der Waals surface area contributed by atoms with E-state index >= 15 is 0 Å². The predicted molar refractivity (Wildman–Crippen MR) is 84.0 cm³/mol. The third-order valence-corrected chi connectivity index (χ3v) is 6.77. The first-order chi connectivity index (χ1) is 10.1. The molecule has 2 aliphatic rings. The highest BCUT2D eigenvalue weighted by Gasteiger charge is 2.40. The van der Waals surface area contributed by atoms with E-state index in [9.17, 15) is 8.42 Å². The maximum atomic E-state index is 12.8. The van der Waals surface area contributed by atoms with Gasteiger partial charge in [-0.05, 0) is 42.7 Å². The van der Waals surface area contributed by atoms with Gasteiger partial charge >= 0.3 is 0 Å². The number of nitrogens with two attached hydrogens (primary N) is 1. The number of rotatable bonds is 4. The van der Waals surface area contributed by atoms with Crippen molar-refractivity contribution in [3.05, 3.63) is 35.4 Å². The highest BCUT2D eigenvalue weighted by molar-refractivity contribution is 7.88. The maximum Gasteiger partial charge on any atom is 0.218 e. The van der Waals surface area contributed by atoms with E-state index in [-0.39, 0.29) is 11.8 Å². The van der Waals surface area contributed by atoms with Gasteiger partial charge in [-0.1, -0.05) is 30.7 Å². The molecule has 1 aliphatic heterocycles. The first-order valence-electron chi connectivity index (χ1n) is 7.87. The fourth-order valence-electron chi connectivity index (χ4n) is 3.82. The van der Waals surface area contributed by atoms with Crippen LogP contribution in [-0.2, 0) is 22.3 Å². The maximum absolute atomic E-state index is 12.8. The van der Waals surface area contributed by atoms with E-state index in [4.69, 9.17) is 5.73 Å². The summed E-state index contributed by atoms with van der Waals surface area (Å²) >= 11 is 0. The van der Waals surface area contributed by atoms with Gasteiger partial charge in [-0.2, -0.15) is 4.31 Å². The van der Waals surface area contributed by atoms with Gasteiger partial charge in [0.15, 0.2) is 0 Å². The molecule has 0 radical (unpaired) electrons. The van der Waals surface area contributed by atoms with E-state index in [0.717, 1.165) is 24.0 Å². The molecule has 5 heteroatoms. The van der Waals surface area contributed by atoms with E-state index in [1.165, 1.54) is 19.3 Å². The minimum absolute atomic E-state index is 0.112. The van der Waals surface area contributed by atoms with Crippen molar-refractivity contribution in [1.29, 1.82) is 0 Å². The number of hydrogen-bond acceptors (Lipinski definition) is 3. The summed E-state index contributed by atoms with van der Waals surface area (Å²) in [5.74, 6) is 0.703. The van der Waals surface area contributed by atoms with Gasteiger partial charge in [-0.3, -0.25) is 0 Å². The molecule has 21 heavy (non-hydrogen) atoms. The van der Waals surface area contributed by atoms with Crippen molar-refractivity contribution in [2.75, 3.05) is 6.54 Å². The Kier molecular flexibility index (Phi) is 4.33. The second-order valence-corrected chi connectivity index (χ2v) is 8.21. The van der Waals surface area contributed by atoms with Crippen LogP contribution in [0.1, 0.15) is 43.2 Å². The second kappa shape index (κ2) is 6.07. The molecule has 1 aromatic carbocycles. The Hall–Kier alpha value is -0.910.